The van der Waals surface area contributed by atoms with Crippen LogP contribution in [0, 0.1) is 6.92 Å². The Bertz CT molecular complexity index is 781. The second kappa shape index (κ2) is 8.02. The molecule has 1 aromatic carbocycles. The monoisotopic (exact) mass is 376 g/mol. The number of rotatable bonds is 4. The highest BCUT2D eigenvalue weighted by atomic mass is 35.5. The Labute approximate surface area is 156 Å². The molecule has 1 aliphatic rings. The van der Waals surface area contributed by atoms with E-state index in [1.54, 1.807) is 24.3 Å². The van der Waals surface area contributed by atoms with E-state index in [0.29, 0.717) is 20.5 Å². The average molecular weight is 377 g/mol. The number of benzene rings is 1. The van der Waals surface area contributed by atoms with Gasteiger partial charge >= 0.3 is 0 Å². The molecule has 3 rings (SSSR count). The van der Waals surface area contributed by atoms with Crippen LogP contribution in [0.1, 0.15) is 57.7 Å². The summed E-state index contributed by atoms with van der Waals surface area (Å²) in [5.74, 6) is -0.321. The summed E-state index contributed by atoms with van der Waals surface area (Å²) in [6.07, 6.45) is 5.70. The number of anilines is 1. The molecule has 2 amide bonds. The Morgan fingerprint density at radius 2 is 1.84 bits per heavy atom. The predicted octanol–water partition coefficient (Wildman–Crippen LogP) is 5.02. The smallest absolute Gasteiger partial charge is 0.261 e. The molecule has 0 atom stereocenters. The van der Waals surface area contributed by atoms with Gasteiger partial charge in [0.15, 0.2) is 0 Å². The topological polar surface area (TPSA) is 58.2 Å². The Morgan fingerprint density at radius 3 is 2.56 bits per heavy atom. The van der Waals surface area contributed by atoms with E-state index in [9.17, 15) is 9.59 Å². The van der Waals surface area contributed by atoms with Gasteiger partial charge in [0.1, 0.15) is 0 Å². The first-order valence-corrected chi connectivity index (χ1v) is 9.71. The maximum atomic E-state index is 12.5. The number of aryl methyl sites for hydroxylation is 1. The van der Waals surface area contributed by atoms with Crippen LogP contribution < -0.4 is 10.6 Å². The molecule has 1 fully saturated rings. The Kier molecular flexibility index (Phi) is 5.76. The zero-order valence-corrected chi connectivity index (χ0v) is 15.7. The summed E-state index contributed by atoms with van der Waals surface area (Å²) in [4.78, 5) is 25.5. The molecular weight excluding hydrogens is 356 g/mol. The van der Waals surface area contributed by atoms with E-state index in [0.717, 1.165) is 18.4 Å². The summed E-state index contributed by atoms with van der Waals surface area (Å²) in [5.41, 5.74) is 1.29. The van der Waals surface area contributed by atoms with Crippen molar-refractivity contribution in [3.63, 3.8) is 0 Å². The highest BCUT2D eigenvalue weighted by molar-refractivity contribution is 7.18. The van der Waals surface area contributed by atoms with Crippen molar-refractivity contribution in [2.24, 2.45) is 0 Å². The van der Waals surface area contributed by atoms with Crippen molar-refractivity contribution in [1.29, 1.82) is 0 Å². The van der Waals surface area contributed by atoms with Crippen molar-refractivity contribution < 1.29 is 9.59 Å². The minimum Gasteiger partial charge on any atom is -0.349 e. The van der Waals surface area contributed by atoms with Gasteiger partial charge in [-0.2, -0.15) is 0 Å². The minimum absolute atomic E-state index is 0.0485. The molecule has 0 radical (unpaired) electrons. The SMILES string of the molecule is Cc1cc(NC(=O)c2ccccc2Cl)sc1C(=O)NC1CCCCC1. The third-order valence-electron chi connectivity index (χ3n) is 4.42. The Morgan fingerprint density at radius 1 is 1.12 bits per heavy atom. The summed E-state index contributed by atoms with van der Waals surface area (Å²) in [6, 6.07) is 9.00. The van der Waals surface area contributed by atoms with Gasteiger partial charge in [-0.3, -0.25) is 9.59 Å². The van der Waals surface area contributed by atoms with Crippen molar-refractivity contribution in [2.75, 3.05) is 5.32 Å². The van der Waals surface area contributed by atoms with Crippen LogP contribution in [0.3, 0.4) is 0 Å². The van der Waals surface area contributed by atoms with E-state index in [-0.39, 0.29) is 17.9 Å². The van der Waals surface area contributed by atoms with Crippen molar-refractivity contribution in [1.82, 2.24) is 5.32 Å². The zero-order chi connectivity index (χ0) is 17.8. The van der Waals surface area contributed by atoms with Gasteiger partial charge in [-0.25, -0.2) is 0 Å². The summed E-state index contributed by atoms with van der Waals surface area (Å²) >= 11 is 7.36. The fourth-order valence-electron chi connectivity index (χ4n) is 3.09. The lowest BCUT2D eigenvalue weighted by atomic mass is 9.95. The molecule has 25 heavy (non-hydrogen) atoms. The lowest BCUT2D eigenvalue weighted by molar-refractivity contribution is 0.0930. The molecule has 0 aliphatic heterocycles. The largest absolute Gasteiger partial charge is 0.349 e. The van der Waals surface area contributed by atoms with Crippen molar-refractivity contribution in [2.45, 2.75) is 45.1 Å². The second-order valence-electron chi connectivity index (χ2n) is 6.37. The van der Waals surface area contributed by atoms with E-state index in [4.69, 9.17) is 11.6 Å². The van der Waals surface area contributed by atoms with Gasteiger partial charge in [-0.05, 0) is 43.5 Å². The van der Waals surface area contributed by atoms with Gasteiger partial charge in [0.25, 0.3) is 11.8 Å². The number of nitrogens with one attached hydrogen (secondary N) is 2. The third kappa shape index (κ3) is 4.41. The van der Waals surface area contributed by atoms with Crippen LogP contribution in [0.2, 0.25) is 5.02 Å². The molecule has 2 N–H and O–H groups in total. The van der Waals surface area contributed by atoms with Crippen LogP contribution in [-0.2, 0) is 0 Å². The first-order valence-electron chi connectivity index (χ1n) is 8.52. The van der Waals surface area contributed by atoms with Crippen LogP contribution >= 0.6 is 22.9 Å². The number of carbonyl (C=O) groups excluding carboxylic acids is 2. The third-order valence-corrected chi connectivity index (χ3v) is 5.90. The number of carbonyl (C=O) groups is 2. The summed E-state index contributed by atoms with van der Waals surface area (Å²) in [6.45, 7) is 1.89. The zero-order valence-electron chi connectivity index (χ0n) is 14.1. The summed E-state index contributed by atoms with van der Waals surface area (Å²) < 4.78 is 0. The van der Waals surface area contributed by atoms with Crippen LogP contribution in [0.25, 0.3) is 0 Å². The van der Waals surface area contributed by atoms with Gasteiger partial charge in [0.05, 0.1) is 20.5 Å². The summed E-state index contributed by atoms with van der Waals surface area (Å²) in [5, 5.41) is 7.01. The van der Waals surface area contributed by atoms with Gasteiger partial charge in [0.2, 0.25) is 0 Å². The minimum atomic E-state index is -0.272. The van der Waals surface area contributed by atoms with E-state index in [2.05, 4.69) is 10.6 Å². The lowest BCUT2D eigenvalue weighted by Crippen LogP contribution is -2.36. The predicted molar refractivity (Wildman–Crippen MR) is 103 cm³/mol. The number of hydrogen-bond acceptors (Lipinski definition) is 3. The van der Waals surface area contributed by atoms with Crippen LogP contribution in [0.15, 0.2) is 30.3 Å². The van der Waals surface area contributed by atoms with E-state index < -0.39 is 0 Å². The Balaban J connectivity index is 1.68. The first kappa shape index (κ1) is 18.0. The van der Waals surface area contributed by atoms with Crippen LogP contribution in [0.5, 0.6) is 0 Å². The lowest BCUT2D eigenvalue weighted by Gasteiger charge is -2.22. The van der Waals surface area contributed by atoms with Gasteiger partial charge in [-0.1, -0.05) is 43.0 Å². The van der Waals surface area contributed by atoms with Crippen molar-refractivity contribution in [3.8, 4) is 0 Å². The number of halogens is 1. The van der Waals surface area contributed by atoms with Crippen molar-refractivity contribution in [3.05, 3.63) is 51.4 Å². The van der Waals surface area contributed by atoms with Crippen LogP contribution in [0.4, 0.5) is 5.00 Å². The first-order chi connectivity index (χ1) is 12.0. The molecule has 2 aromatic rings. The maximum Gasteiger partial charge on any atom is 0.261 e. The molecule has 1 saturated carbocycles. The molecule has 0 unspecified atom stereocenters. The molecule has 4 nitrogen and oxygen atoms in total. The number of amides is 2. The Hall–Kier alpha value is -1.85. The average Bonchev–Trinajstić information content (AvgIpc) is 2.96. The highest BCUT2D eigenvalue weighted by Gasteiger charge is 2.20. The molecule has 0 spiro atoms. The van der Waals surface area contributed by atoms with Gasteiger partial charge < -0.3 is 10.6 Å². The normalized spacial score (nSPS) is 15.0. The molecule has 0 bridgehead atoms. The molecule has 1 aliphatic carbocycles. The number of thiophene rings is 1. The molecular formula is C19H21ClN2O2S. The van der Waals surface area contributed by atoms with E-state index in [1.807, 2.05) is 13.0 Å². The number of hydrogen-bond donors (Lipinski definition) is 2. The van der Waals surface area contributed by atoms with Crippen molar-refractivity contribution >= 4 is 39.8 Å². The van der Waals surface area contributed by atoms with Gasteiger partial charge in [-0.15, -0.1) is 11.3 Å². The molecule has 6 heteroatoms. The quantitative estimate of drug-likeness (QED) is 0.786. The molecule has 132 valence electrons. The maximum absolute atomic E-state index is 12.5. The molecule has 1 heterocycles. The second-order valence-corrected chi connectivity index (χ2v) is 7.82. The fraction of sp³-hybridized carbons (Fsp3) is 0.368. The van der Waals surface area contributed by atoms with Crippen LogP contribution in [-0.4, -0.2) is 17.9 Å². The summed E-state index contributed by atoms with van der Waals surface area (Å²) in [7, 11) is 0. The van der Waals surface area contributed by atoms with E-state index >= 15 is 0 Å². The standard InChI is InChI=1S/C19H21ClN2O2S/c1-12-11-16(22-18(23)14-9-5-6-10-15(14)20)25-17(12)19(24)21-13-7-3-2-4-8-13/h5-6,9-11,13H,2-4,7-8H2,1H3,(H,21,24)(H,22,23). The van der Waals surface area contributed by atoms with E-state index in [1.165, 1.54) is 30.6 Å². The van der Waals surface area contributed by atoms with Gasteiger partial charge in [0, 0.05) is 6.04 Å². The highest BCUT2D eigenvalue weighted by Crippen LogP contribution is 2.28. The molecule has 0 saturated heterocycles. The molecule has 1 aromatic heterocycles. The fourth-order valence-corrected chi connectivity index (χ4v) is 4.28.